The van der Waals surface area contributed by atoms with Gasteiger partial charge in [0.1, 0.15) is 17.4 Å². The first-order valence-corrected chi connectivity index (χ1v) is 8.98. The van der Waals surface area contributed by atoms with Crippen molar-refractivity contribution in [2.24, 2.45) is 0 Å². The zero-order valence-electron chi connectivity index (χ0n) is 15.7. The largest absolute Gasteiger partial charge is 0.382 e. The van der Waals surface area contributed by atoms with Crippen LogP contribution in [0.1, 0.15) is 17.5 Å². The average Bonchev–Trinajstić information content (AvgIpc) is 3.00. The Balaban J connectivity index is 1.72. The van der Waals surface area contributed by atoms with Crippen molar-refractivity contribution in [1.82, 2.24) is 14.9 Å². The number of fused-ring (bicyclic) bond motifs is 1. The van der Waals surface area contributed by atoms with Crippen molar-refractivity contribution in [3.63, 3.8) is 0 Å². The minimum absolute atomic E-state index is 0.253. The third-order valence-corrected chi connectivity index (χ3v) is 4.96. The number of nitrogens with zero attached hydrogens (tertiary/aromatic N) is 4. The zero-order chi connectivity index (χ0) is 20.6. The Morgan fingerprint density at radius 2 is 2.14 bits per heavy atom. The zero-order valence-corrected chi connectivity index (χ0v) is 15.7. The molecule has 1 amide bonds. The summed E-state index contributed by atoms with van der Waals surface area (Å²) in [4.78, 5) is 22.1. The Morgan fingerprint density at radius 1 is 1.31 bits per heavy atom. The van der Waals surface area contributed by atoms with Crippen LogP contribution >= 0.6 is 0 Å². The third-order valence-electron chi connectivity index (χ3n) is 4.96. The van der Waals surface area contributed by atoms with Crippen LogP contribution in [0.5, 0.6) is 0 Å². The minimum Gasteiger partial charge on any atom is -0.382 e. The molecule has 7 heteroatoms. The summed E-state index contributed by atoms with van der Waals surface area (Å²) in [6.07, 6.45) is 1.72. The molecule has 29 heavy (non-hydrogen) atoms. The highest BCUT2D eigenvalue weighted by molar-refractivity contribution is 5.93. The van der Waals surface area contributed by atoms with E-state index in [2.05, 4.69) is 27.9 Å². The highest BCUT2D eigenvalue weighted by atomic mass is 16.3. The van der Waals surface area contributed by atoms with Gasteiger partial charge in [0.25, 0.3) is 5.91 Å². The normalized spacial score (nSPS) is 18.4. The van der Waals surface area contributed by atoms with Crippen LogP contribution in [-0.4, -0.2) is 45.1 Å². The van der Waals surface area contributed by atoms with Crippen LogP contribution in [0.15, 0.2) is 42.6 Å². The van der Waals surface area contributed by atoms with Crippen LogP contribution in [-0.2, 0) is 4.79 Å². The molecule has 0 saturated carbocycles. The van der Waals surface area contributed by atoms with Crippen molar-refractivity contribution in [3.8, 4) is 29.2 Å². The van der Waals surface area contributed by atoms with Crippen LogP contribution < -0.4 is 5.73 Å². The van der Waals surface area contributed by atoms with Crippen LogP contribution in [0.4, 0.5) is 5.82 Å². The number of hydrogen-bond acceptors (Lipinski definition) is 6. The maximum absolute atomic E-state index is 12.1. The van der Waals surface area contributed by atoms with Gasteiger partial charge in [0, 0.05) is 42.7 Å². The Hall–Kier alpha value is -3.94. The Morgan fingerprint density at radius 3 is 2.86 bits per heavy atom. The van der Waals surface area contributed by atoms with E-state index in [4.69, 9.17) is 5.73 Å². The highest BCUT2D eigenvalue weighted by Crippen LogP contribution is 2.26. The number of amides is 1. The molecule has 0 spiro atoms. The number of nitriles is 1. The van der Waals surface area contributed by atoms with Gasteiger partial charge >= 0.3 is 0 Å². The van der Waals surface area contributed by atoms with Gasteiger partial charge in [-0.25, -0.2) is 9.97 Å². The quantitative estimate of drug-likeness (QED) is 0.618. The fourth-order valence-corrected chi connectivity index (χ4v) is 3.29. The molecule has 3 aromatic rings. The van der Waals surface area contributed by atoms with E-state index in [0.29, 0.717) is 34.3 Å². The van der Waals surface area contributed by atoms with Gasteiger partial charge in [-0.05, 0) is 24.3 Å². The van der Waals surface area contributed by atoms with Crippen LogP contribution in [0, 0.1) is 23.2 Å². The van der Waals surface area contributed by atoms with E-state index < -0.39 is 5.60 Å². The highest BCUT2D eigenvalue weighted by Gasteiger charge is 2.42. The molecule has 4 rings (SSSR count). The maximum atomic E-state index is 12.1. The standard InChI is InChI=1S/C22H17N5O2/c1-27-10-9-22(29,21(27)28)8-7-14-3-2-4-15(11-14)18-6-5-17-16(12-23)13-25-20(24)19(17)26-18/h2-6,11,13,29H,9-10H2,1H3,(H2,24,25). The number of likely N-dealkylation sites (tertiary alicyclic amines) is 1. The fraction of sp³-hybridized carbons (Fsp3) is 0.182. The van der Waals surface area contributed by atoms with Crippen molar-refractivity contribution in [1.29, 1.82) is 5.26 Å². The predicted molar refractivity (Wildman–Crippen MR) is 108 cm³/mol. The average molecular weight is 383 g/mol. The molecule has 1 fully saturated rings. The maximum Gasteiger partial charge on any atom is 0.267 e. The molecule has 3 N–H and O–H groups in total. The van der Waals surface area contributed by atoms with Gasteiger partial charge in [-0.2, -0.15) is 5.26 Å². The molecule has 0 bridgehead atoms. The van der Waals surface area contributed by atoms with Crippen molar-refractivity contribution < 1.29 is 9.90 Å². The first kappa shape index (κ1) is 18.4. The number of carbonyl (C=O) groups is 1. The summed E-state index contributed by atoms with van der Waals surface area (Å²) >= 11 is 0. The van der Waals surface area contributed by atoms with Gasteiger partial charge in [0.2, 0.25) is 5.60 Å². The van der Waals surface area contributed by atoms with E-state index in [0.717, 1.165) is 5.56 Å². The Labute approximate surface area is 167 Å². The monoisotopic (exact) mass is 383 g/mol. The van der Waals surface area contributed by atoms with Crippen molar-refractivity contribution in [2.45, 2.75) is 12.0 Å². The van der Waals surface area contributed by atoms with Gasteiger partial charge in [0.05, 0.1) is 11.3 Å². The van der Waals surface area contributed by atoms with Gasteiger partial charge < -0.3 is 15.7 Å². The Kier molecular flexibility index (Phi) is 4.38. The number of carbonyl (C=O) groups excluding carboxylic acids is 1. The molecule has 1 aliphatic rings. The molecule has 3 heterocycles. The summed E-state index contributed by atoms with van der Waals surface area (Å²) < 4.78 is 0. The molecule has 7 nitrogen and oxygen atoms in total. The number of rotatable bonds is 1. The van der Waals surface area contributed by atoms with E-state index in [-0.39, 0.29) is 18.1 Å². The van der Waals surface area contributed by atoms with Crippen molar-refractivity contribution in [2.75, 3.05) is 19.3 Å². The molecule has 1 aromatic carbocycles. The lowest BCUT2D eigenvalue weighted by atomic mass is 10.0. The van der Waals surface area contributed by atoms with E-state index >= 15 is 0 Å². The Bertz CT molecular complexity index is 1250. The SMILES string of the molecule is CN1CCC(O)(C#Cc2cccc(-c3ccc4c(C#N)cnc(N)c4n3)c2)C1=O. The second kappa shape index (κ2) is 6.90. The number of nitrogens with two attached hydrogens (primary N) is 1. The van der Waals surface area contributed by atoms with Crippen LogP contribution in [0.3, 0.4) is 0 Å². The van der Waals surface area contributed by atoms with Gasteiger partial charge in [-0.1, -0.05) is 24.0 Å². The number of aromatic nitrogens is 2. The first-order chi connectivity index (χ1) is 13.9. The summed E-state index contributed by atoms with van der Waals surface area (Å²) in [5, 5.41) is 20.3. The van der Waals surface area contributed by atoms with Crippen LogP contribution in [0.25, 0.3) is 22.2 Å². The van der Waals surface area contributed by atoms with Gasteiger partial charge in [0.15, 0.2) is 0 Å². The number of aliphatic hydroxyl groups is 1. The molecule has 1 saturated heterocycles. The minimum atomic E-state index is -1.64. The molecule has 2 aromatic heterocycles. The van der Waals surface area contributed by atoms with E-state index in [1.807, 2.05) is 18.2 Å². The number of likely N-dealkylation sites (N-methyl/N-ethyl adjacent to an activating group) is 1. The predicted octanol–water partition coefficient (Wildman–Crippen LogP) is 1.70. The molecule has 0 radical (unpaired) electrons. The lowest BCUT2D eigenvalue weighted by molar-refractivity contribution is -0.137. The van der Waals surface area contributed by atoms with Gasteiger partial charge in [-0.15, -0.1) is 0 Å². The number of anilines is 1. The molecule has 1 atom stereocenters. The van der Waals surface area contributed by atoms with Crippen molar-refractivity contribution >= 4 is 22.6 Å². The summed E-state index contributed by atoms with van der Waals surface area (Å²) in [6, 6.07) is 13.0. The third kappa shape index (κ3) is 3.25. The second-order valence-corrected chi connectivity index (χ2v) is 6.93. The molecule has 142 valence electrons. The summed E-state index contributed by atoms with van der Waals surface area (Å²) in [6.45, 7) is 0.477. The molecule has 1 aliphatic heterocycles. The molecule has 0 aliphatic carbocycles. The van der Waals surface area contributed by atoms with E-state index in [9.17, 15) is 15.2 Å². The second-order valence-electron chi connectivity index (χ2n) is 6.93. The van der Waals surface area contributed by atoms with E-state index in [1.165, 1.54) is 11.1 Å². The molecule has 1 unspecified atom stereocenters. The fourth-order valence-electron chi connectivity index (χ4n) is 3.29. The molecular formula is C22H17N5O2. The lowest BCUT2D eigenvalue weighted by Gasteiger charge is -2.13. The number of benzene rings is 1. The smallest absolute Gasteiger partial charge is 0.267 e. The number of nitrogen functional groups attached to an aromatic ring is 1. The van der Waals surface area contributed by atoms with E-state index in [1.54, 1.807) is 25.2 Å². The first-order valence-electron chi connectivity index (χ1n) is 8.98. The van der Waals surface area contributed by atoms with Crippen LogP contribution in [0.2, 0.25) is 0 Å². The number of hydrogen-bond donors (Lipinski definition) is 2. The summed E-state index contributed by atoms with van der Waals surface area (Å²) in [5.74, 6) is 5.49. The summed E-state index contributed by atoms with van der Waals surface area (Å²) in [5.41, 5.74) is 7.28. The lowest BCUT2D eigenvalue weighted by Crippen LogP contribution is -2.37. The van der Waals surface area contributed by atoms with Crippen molar-refractivity contribution in [3.05, 3.63) is 53.7 Å². The number of pyridine rings is 2. The topological polar surface area (TPSA) is 116 Å². The summed E-state index contributed by atoms with van der Waals surface area (Å²) in [7, 11) is 1.65. The molecular weight excluding hydrogens is 366 g/mol. The van der Waals surface area contributed by atoms with Gasteiger partial charge in [-0.3, -0.25) is 4.79 Å².